The molecule has 0 atom stereocenters. The lowest BCUT2D eigenvalue weighted by atomic mass is 10.0. The van der Waals surface area contributed by atoms with Crippen LogP contribution in [0.5, 0.6) is 0 Å². The van der Waals surface area contributed by atoms with Crippen LogP contribution in [0.1, 0.15) is 36.8 Å². The van der Waals surface area contributed by atoms with Crippen LogP contribution in [0.2, 0.25) is 0 Å². The van der Waals surface area contributed by atoms with E-state index in [0.717, 1.165) is 58.1 Å². The molecule has 0 unspecified atom stereocenters. The molecule has 0 bridgehead atoms. The van der Waals surface area contributed by atoms with Crippen molar-refractivity contribution in [2.24, 2.45) is 0 Å². The maximum atomic E-state index is 13.1. The van der Waals surface area contributed by atoms with Crippen molar-refractivity contribution < 1.29 is 9.59 Å². The number of carbonyl (C=O) groups is 2. The van der Waals surface area contributed by atoms with Gasteiger partial charge in [-0.05, 0) is 43.2 Å². The fourth-order valence-electron chi connectivity index (χ4n) is 4.80. The summed E-state index contributed by atoms with van der Waals surface area (Å²) in [6.07, 6.45) is 8.53. The Kier molecular flexibility index (Phi) is 5.64. The van der Waals surface area contributed by atoms with Gasteiger partial charge in [-0.15, -0.1) is 0 Å². The number of aromatic nitrogens is 1. The Bertz CT molecular complexity index is 1240. The lowest BCUT2D eigenvalue weighted by Gasteiger charge is -2.20. The molecule has 2 aromatic carbocycles. The zero-order chi connectivity index (χ0) is 22.2. The summed E-state index contributed by atoms with van der Waals surface area (Å²) in [5.41, 5.74) is 4.48. The molecule has 0 N–H and O–H groups in total. The van der Waals surface area contributed by atoms with E-state index in [9.17, 15) is 9.59 Å². The minimum atomic E-state index is -0.0114. The smallest absolute Gasteiger partial charge is 0.258 e. The number of likely N-dealkylation sites (N-methyl/N-ethyl adjacent to an activating group) is 1. The second-order valence-corrected chi connectivity index (χ2v) is 9.52. The van der Waals surface area contributed by atoms with Gasteiger partial charge >= 0.3 is 0 Å². The van der Waals surface area contributed by atoms with E-state index in [1.165, 1.54) is 12.8 Å². The highest BCUT2D eigenvalue weighted by Crippen LogP contribution is 2.38. The van der Waals surface area contributed by atoms with Crippen molar-refractivity contribution in [1.82, 2.24) is 9.47 Å². The lowest BCUT2D eigenvalue weighted by Crippen LogP contribution is -2.34. The molecule has 2 amide bonds. The summed E-state index contributed by atoms with van der Waals surface area (Å²) in [6.45, 7) is 2.00. The summed E-state index contributed by atoms with van der Waals surface area (Å²) >= 11 is 3.58. The van der Waals surface area contributed by atoms with Gasteiger partial charge in [0.1, 0.15) is 6.54 Å². The fraction of sp³-hybridized carbons (Fsp3) is 0.308. The van der Waals surface area contributed by atoms with Gasteiger partial charge in [0.15, 0.2) is 0 Å². The van der Waals surface area contributed by atoms with Gasteiger partial charge in [-0.3, -0.25) is 9.59 Å². The largest absolute Gasteiger partial charge is 0.341 e. The zero-order valence-electron chi connectivity index (χ0n) is 18.2. The van der Waals surface area contributed by atoms with Crippen LogP contribution in [-0.4, -0.2) is 41.4 Å². The molecule has 2 aliphatic heterocycles. The van der Waals surface area contributed by atoms with E-state index >= 15 is 0 Å². The topological polar surface area (TPSA) is 45.6 Å². The molecule has 3 aromatic rings. The van der Waals surface area contributed by atoms with E-state index in [1.54, 1.807) is 4.90 Å². The van der Waals surface area contributed by atoms with Gasteiger partial charge in [0.05, 0.1) is 5.69 Å². The molecule has 5 nitrogen and oxygen atoms in total. The number of para-hydroxylation sites is 1. The molecule has 6 heteroatoms. The van der Waals surface area contributed by atoms with Gasteiger partial charge in [0.25, 0.3) is 5.91 Å². The van der Waals surface area contributed by atoms with E-state index in [4.69, 9.17) is 0 Å². The van der Waals surface area contributed by atoms with Crippen molar-refractivity contribution in [1.29, 1.82) is 0 Å². The molecule has 1 saturated heterocycles. The minimum absolute atomic E-state index is 0.0114. The molecule has 1 aromatic heterocycles. The van der Waals surface area contributed by atoms with Gasteiger partial charge in [-0.25, -0.2) is 0 Å². The monoisotopic (exact) mass is 491 g/mol. The Morgan fingerprint density at radius 3 is 2.59 bits per heavy atom. The Labute approximate surface area is 196 Å². The number of rotatable bonds is 3. The number of likely N-dealkylation sites (tertiary alicyclic amines) is 1. The third-order valence-corrected chi connectivity index (χ3v) is 7.02. The summed E-state index contributed by atoms with van der Waals surface area (Å²) < 4.78 is 2.99. The number of hydrogen-bond acceptors (Lipinski definition) is 2. The van der Waals surface area contributed by atoms with Crippen LogP contribution >= 0.6 is 15.9 Å². The van der Waals surface area contributed by atoms with Crippen molar-refractivity contribution in [3.05, 3.63) is 64.3 Å². The van der Waals surface area contributed by atoms with Gasteiger partial charge in [-0.2, -0.15) is 0 Å². The number of benzene rings is 2. The van der Waals surface area contributed by atoms with E-state index in [-0.39, 0.29) is 11.8 Å². The van der Waals surface area contributed by atoms with Crippen molar-refractivity contribution in [2.75, 3.05) is 25.0 Å². The second kappa shape index (κ2) is 8.58. The highest BCUT2D eigenvalue weighted by molar-refractivity contribution is 9.10. The molecule has 3 heterocycles. The Morgan fingerprint density at radius 2 is 1.81 bits per heavy atom. The summed E-state index contributed by atoms with van der Waals surface area (Å²) in [7, 11) is 1.81. The maximum absolute atomic E-state index is 13.1. The van der Waals surface area contributed by atoms with Gasteiger partial charge < -0.3 is 14.4 Å². The first-order valence-electron chi connectivity index (χ1n) is 11.2. The van der Waals surface area contributed by atoms with Crippen molar-refractivity contribution >= 4 is 56.0 Å². The second-order valence-electron chi connectivity index (χ2n) is 8.61. The van der Waals surface area contributed by atoms with E-state index < -0.39 is 0 Å². The number of anilines is 1. The summed E-state index contributed by atoms with van der Waals surface area (Å²) in [5.74, 6) is 0.149. The first-order valence-corrected chi connectivity index (χ1v) is 12.0. The number of carbonyl (C=O) groups excluding carboxylic acids is 2. The van der Waals surface area contributed by atoms with Gasteiger partial charge in [0.2, 0.25) is 5.91 Å². The summed E-state index contributed by atoms with van der Waals surface area (Å²) in [5, 5.41) is 1.02. The molecule has 0 aliphatic carbocycles. The Morgan fingerprint density at radius 1 is 1.06 bits per heavy atom. The highest BCUT2D eigenvalue weighted by Gasteiger charge is 2.29. The Balaban J connectivity index is 1.55. The molecule has 2 aliphatic rings. The summed E-state index contributed by atoms with van der Waals surface area (Å²) in [4.78, 5) is 29.7. The maximum Gasteiger partial charge on any atom is 0.258 e. The van der Waals surface area contributed by atoms with Crippen LogP contribution in [0.4, 0.5) is 5.69 Å². The molecule has 1 fully saturated rings. The minimum Gasteiger partial charge on any atom is -0.341 e. The van der Waals surface area contributed by atoms with Crippen LogP contribution in [0.3, 0.4) is 0 Å². The Hall–Kier alpha value is -2.86. The van der Waals surface area contributed by atoms with E-state index in [2.05, 4.69) is 22.0 Å². The molecule has 32 heavy (non-hydrogen) atoms. The molecule has 0 saturated carbocycles. The first kappa shape index (κ1) is 21.0. The quantitative estimate of drug-likeness (QED) is 0.465. The predicted molar refractivity (Wildman–Crippen MR) is 132 cm³/mol. The number of hydrogen-bond donors (Lipinski definition) is 0. The zero-order valence-corrected chi connectivity index (χ0v) is 19.8. The highest BCUT2D eigenvalue weighted by atomic mass is 79.9. The van der Waals surface area contributed by atoms with Crippen LogP contribution in [-0.2, 0) is 16.1 Å². The number of fused-ring (bicyclic) bond motifs is 2. The average Bonchev–Trinajstić information content (AvgIpc) is 3.08. The van der Waals surface area contributed by atoms with Crippen molar-refractivity contribution in [3.63, 3.8) is 0 Å². The van der Waals surface area contributed by atoms with E-state index in [0.29, 0.717) is 12.1 Å². The summed E-state index contributed by atoms with van der Waals surface area (Å²) in [6, 6.07) is 13.9. The fourth-order valence-corrected chi connectivity index (χ4v) is 5.16. The van der Waals surface area contributed by atoms with Crippen LogP contribution in [0.25, 0.3) is 22.6 Å². The van der Waals surface area contributed by atoms with Crippen LogP contribution < -0.4 is 4.90 Å². The van der Waals surface area contributed by atoms with Gasteiger partial charge in [-0.1, -0.05) is 47.0 Å². The number of halogens is 1. The number of nitrogens with zero attached hydrogens (tertiary/aromatic N) is 3. The van der Waals surface area contributed by atoms with Gasteiger partial charge in [0, 0.05) is 58.4 Å². The first-order chi connectivity index (χ1) is 15.5. The third kappa shape index (κ3) is 3.77. The van der Waals surface area contributed by atoms with Crippen molar-refractivity contribution in [2.45, 2.75) is 32.2 Å². The molecule has 0 radical (unpaired) electrons. The molecule has 5 rings (SSSR count). The molecule has 164 valence electrons. The lowest BCUT2D eigenvalue weighted by molar-refractivity contribution is -0.131. The predicted octanol–water partition coefficient (Wildman–Crippen LogP) is 5.32. The van der Waals surface area contributed by atoms with Crippen LogP contribution in [0, 0.1) is 0 Å². The number of amides is 2. The molecular weight excluding hydrogens is 466 g/mol. The SMILES string of the molecule is CN1C(=O)C(=Cc2cn(CC(=O)N3CCCCCC3)c3ccc(Br)cc23)c2ccccc21. The standard InChI is InChI=1S/C26H26BrN3O2/c1-28-23-9-5-4-8-20(23)22(26(28)32)14-18-16-30(24-11-10-19(27)15-21(18)24)17-25(31)29-12-6-2-3-7-13-29/h4-5,8-11,14-16H,2-3,6-7,12-13,17H2,1H3. The van der Waals surface area contributed by atoms with E-state index in [1.807, 2.05) is 65.2 Å². The van der Waals surface area contributed by atoms with Crippen molar-refractivity contribution in [3.8, 4) is 0 Å². The third-order valence-electron chi connectivity index (χ3n) is 6.53. The molecular formula is C26H26BrN3O2. The normalized spacial score (nSPS) is 17.8. The van der Waals surface area contributed by atoms with Crippen LogP contribution in [0.15, 0.2) is 53.1 Å². The average molecular weight is 492 g/mol. The molecule has 0 spiro atoms.